The maximum Gasteiger partial charge on any atom is 0.317 e. The lowest BCUT2D eigenvalue weighted by Crippen LogP contribution is -2.48. The highest BCUT2D eigenvalue weighted by Gasteiger charge is 2.37. The Hall–Kier alpha value is -1.56. The van der Waals surface area contributed by atoms with E-state index in [4.69, 9.17) is 5.73 Å². The van der Waals surface area contributed by atoms with Crippen LogP contribution in [0.5, 0.6) is 0 Å². The second-order valence-corrected chi connectivity index (χ2v) is 5.51. The van der Waals surface area contributed by atoms with Crippen molar-refractivity contribution < 1.29 is 9.90 Å². The van der Waals surface area contributed by atoms with Gasteiger partial charge in [-0.15, -0.1) is 0 Å². The third-order valence-corrected chi connectivity index (χ3v) is 4.20. The van der Waals surface area contributed by atoms with E-state index in [9.17, 15) is 9.90 Å². The molecule has 0 saturated heterocycles. The van der Waals surface area contributed by atoms with Gasteiger partial charge < -0.3 is 10.8 Å². The van der Waals surface area contributed by atoms with Gasteiger partial charge in [-0.05, 0) is 26.2 Å². The summed E-state index contributed by atoms with van der Waals surface area (Å²) in [5.41, 5.74) is 8.21. The van der Waals surface area contributed by atoms with Crippen LogP contribution in [0.25, 0.3) is 0 Å². The number of primary amides is 1. The van der Waals surface area contributed by atoms with Crippen LogP contribution >= 0.6 is 0 Å². The summed E-state index contributed by atoms with van der Waals surface area (Å²) in [5.74, 6) is 0. The van der Waals surface area contributed by atoms with Crippen molar-refractivity contribution in [2.45, 2.75) is 57.8 Å². The number of urea groups is 1. The maximum atomic E-state index is 11.5. The molecular formula is C13H20N4O2. The normalized spacial score (nSPS) is 26.5. The van der Waals surface area contributed by atoms with E-state index in [0.717, 1.165) is 42.8 Å². The number of carbonyl (C=O) groups is 1. The van der Waals surface area contributed by atoms with Crippen LogP contribution < -0.4 is 5.73 Å². The molecule has 3 N–H and O–H groups in total. The van der Waals surface area contributed by atoms with Gasteiger partial charge in [0.15, 0.2) is 6.23 Å². The number of rotatable bonds is 0. The minimum atomic E-state index is -0.946. The summed E-state index contributed by atoms with van der Waals surface area (Å²) in [5, 5.41) is 15.1. The third kappa shape index (κ3) is 1.90. The summed E-state index contributed by atoms with van der Waals surface area (Å²) in [6, 6.07) is -0.682. The molecule has 1 aromatic heterocycles. The van der Waals surface area contributed by atoms with Gasteiger partial charge in [-0.1, -0.05) is 6.42 Å². The zero-order chi connectivity index (χ0) is 13.6. The molecule has 0 saturated carbocycles. The molecule has 0 aromatic carbocycles. The fourth-order valence-electron chi connectivity index (χ4n) is 3.29. The molecule has 104 valence electrons. The van der Waals surface area contributed by atoms with Crippen LogP contribution in [-0.2, 0) is 19.4 Å². The molecule has 3 heterocycles. The van der Waals surface area contributed by atoms with Crippen LogP contribution in [0.1, 0.15) is 49.4 Å². The molecule has 19 heavy (non-hydrogen) atoms. The highest BCUT2D eigenvalue weighted by atomic mass is 16.3. The van der Waals surface area contributed by atoms with Crippen molar-refractivity contribution in [1.29, 1.82) is 0 Å². The Balaban J connectivity index is 2.06. The van der Waals surface area contributed by atoms with Gasteiger partial charge in [0.05, 0.1) is 5.69 Å². The number of nitrogens with two attached hydrogens (primary N) is 1. The molecule has 0 radical (unpaired) electrons. The molecule has 2 atom stereocenters. The molecule has 6 heteroatoms. The Bertz CT molecular complexity index is 511. The first-order chi connectivity index (χ1) is 9.09. The zero-order valence-electron chi connectivity index (χ0n) is 11.2. The number of carbonyl (C=O) groups excluding carboxylic acids is 1. The second-order valence-electron chi connectivity index (χ2n) is 5.51. The second kappa shape index (κ2) is 4.52. The lowest BCUT2D eigenvalue weighted by molar-refractivity contribution is 0.000635. The molecule has 2 aliphatic rings. The van der Waals surface area contributed by atoms with Gasteiger partial charge in [0.1, 0.15) is 0 Å². The number of aryl methyl sites for hydroxylation is 1. The molecular weight excluding hydrogens is 244 g/mol. The number of aromatic nitrogens is 2. The van der Waals surface area contributed by atoms with Crippen molar-refractivity contribution in [2.24, 2.45) is 5.73 Å². The fourth-order valence-corrected chi connectivity index (χ4v) is 3.29. The first-order valence-electron chi connectivity index (χ1n) is 6.94. The van der Waals surface area contributed by atoms with Crippen LogP contribution in [0.4, 0.5) is 4.79 Å². The van der Waals surface area contributed by atoms with Crippen LogP contribution in [0, 0.1) is 0 Å². The third-order valence-electron chi connectivity index (χ3n) is 4.20. The largest absolute Gasteiger partial charge is 0.369 e. The molecule has 6 nitrogen and oxygen atoms in total. The number of aliphatic hydroxyl groups excluding tert-OH is 1. The number of amides is 2. The van der Waals surface area contributed by atoms with Gasteiger partial charge in [-0.25, -0.2) is 4.79 Å². The minimum absolute atomic E-state index is 0.112. The van der Waals surface area contributed by atoms with Gasteiger partial charge in [0.2, 0.25) is 0 Å². The Morgan fingerprint density at radius 1 is 1.42 bits per heavy atom. The van der Waals surface area contributed by atoms with Gasteiger partial charge in [0, 0.05) is 30.3 Å². The summed E-state index contributed by atoms with van der Waals surface area (Å²) >= 11 is 0. The Morgan fingerprint density at radius 3 is 2.95 bits per heavy atom. The number of nitrogens with zero attached hydrogens (tertiary/aromatic N) is 3. The Kier molecular flexibility index (Phi) is 2.97. The summed E-state index contributed by atoms with van der Waals surface area (Å²) in [6.45, 7) is 2.79. The van der Waals surface area contributed by atoms with E-state index in [1.54, 1.807) is 0 Å². The predicted octanol–water partition coefficient (Wildman–Crippen LogP) is 0.926. The monoisotopic (exact) mass is 264 g/mol. The predicted molar refractivity (Wildman–Crippen MR) is 69.3 cm³/mol. The van der Waals surface area contributed by atoms with E-state index in [1.165, 1.54) is 11.3 Å². The van der Waals surface area contributed by atoms with Crippen molar-refractivity contribution in [3.63, 3.8) is 0 Å². The summed E-state index contributed by atoms with van der Waals surface area (Å²) in [4.78, 5) is 12.9. The van der Waals surface area contributed by atoms with E-state index in [1.807, 2.05) is 11.6 Å². The highest BCUT2D eigenvalue weighted by Crippen LogP contribution is 2.35. The van der Waals surface area contributed by atoms with Crippen molar-refractivity contribution in [3.8, 4) is 0 Å². The van der Waals surface area contributed by atoms with E-state index >= 15 is 0 Å². The highest BCUT2D eigenvalue weighted by molar-refractivity contribution is 5.73. The average Bonchev–Trinajstić information content (AvgIpc) is 2.52. The standard InChI is InChI=1S/C13H20N4O2/c1-8-7-9-11(12(18)17(8)13(14)19)10-5-3-2-4-6-16(10)15-9/h8,12,18H,2-7H2,1H3,(H2,14,19). The molecule has 2 unspecified atom stereocenters. The van der Waals surface area contributed by atoms with Gasteiger partial charge >= 0.3 is 6.03 Å². The van der Waals surface area contributed by atoms with Gasteiger partial charge in [-0.3, -0.25) is 9.58 Å². The Morgan fingerprint density at radius 2 is 2.21 bits per heavy atom. The lowest BCUT2D eigenvalue weighted by atomic mass is 9.96. The molecule has 0 bridgehead atoms. The number of aliphatic hydroxyl groups is 1. The topological polar surface area (TPSA) is 84.4 Å². The maximum absolute atomic E-state index is 11.5. The molecule has 0 fully saturated rings. The first-order valence-corrected chi connectivity index (χ1v) is 6.94. The zero-order valence-corrected chi connectivity index (χ0v) is 11.2. The van der Waals surface area contributed by atoms with Gasteiger partial charge in [-0.2, -0.15) is 5.10 Å². The summed E-state index contributed by atoms with van der Waals surface area (Å²) < 4.78 is 2.01. The minimum Gasteiger partial charge on any atom is -0.369 e. The fraction of sp³-hybridized carbons (Fsp3) is 0.692. The molecule has 2 aliphatic heterocycles. The summed E-state index contributed by atoms with van der Waals surface area (Å²) in [7, 11) is 0. The molecule has 1 aromatic rings. The number of hydrogen-bond donors (Lipinski definition) is 2. The molecule has 0 spiro atoms. The summed E-state index contributed by atoms with van der Waals surface area (Å²) in [6.07, 6.45) is 4.05. The van der Waals surface area contributed by atoms with E-state index in [-0.39, 0.29) is 6.04 Å². The molecule has 2 amide bonds. The van der Waals surface area contributed by atoms with Crippen LogP contribution in [0.15, 0.2) is 0 Å². The number of hydrogen-bond acceptors (Lipinski definition) is 3. The van der Waals surface area contributed by atoms with Crippen molar-refractivity contribution in [3.05, 3.63) is 17.0 Å². The van der Waals surface area contributed by atoms with Crippen LogP contribution in [0.2, 0.25) is 0 Å². The van der Waals surface area contributed by atoms with E-state index < -0.39 is 12.3 Å². The smallest absolute Gasteiger partial charge is 0.317 e. The van der Waals surface area contributed by atoms with E-state index in [2.05, 4.69) is 5.10 Å². The number of fused-ring (bicyclic) bond motifs is 3. The van der Waals surface area contributed by atoms with E-state index in [0.29, 0.717) is 6.42 Å². The van der Waals surface area contributed by atoms with Crippen molar-refractivity contribution >= 4 is 6.03 Å². The van der Waals surface area contributed by atoms with Crippen LogP contribution in [-0.4, -0.2) is 31.9 Å². The quantitative estimate of drug-likeness (QED) is 0.731. The average molecular weight is 264 g/mol. The first kappa shape index (κ1) is 12.5. The van der Waals surface area contributed by atoms with Crippen LogP contribution in [0.3, 0.4) is 0 Å². The van der Waals surface area contributed by atoms with Gasteiger partial charge in [0.25, 0.3) is 0 Å². The lowest BCUT2D eigenvalue weighted by Gasteiger charge is -2.36. The SMILES string of the molecule is CC1Cc2nn3c(c2C(O)N1C(N)=O)CCCCC3. The Labute approximate surface area is 112 Å². The van der Waals surface area contributed by atoms with Crippen molar-refractivity contribution in [1.82, 2.24) is 14.7 Å². The van der Waals surface area contributed by atoms with Crippen molar-refractivity contribution in [2.75, 3.05) is 0 Å². The molecule has 0 aliphatic carbocycles. The molecule has 3 rings (SSSR count).